The van der Waals surface area contributed by atoms with E-state index in [1.165, 1.54) is 0 Å². The molecule has 0 N–H and O–H groups in total. The van der Waals surface area contributed by atoms with Crippen molar-refractivity contribution in [1.29, 1.82) is 0 Å². The fraction of sp³-hybridized carbons (Fsp3) is 0. The molecule has 6 nitrogen and oxygen atoms in total. The number of rotatable bonds is 6. The fourth-order valence-electron chi connectivity index (χ4n) is 7.01. The number of aromatic nitrogens is 4. The Hall–Kier alpha value is -7.18. The van der Waals surface area contributed by atoms with Gasteiger partial charge in [0, 0.05) is 56.9 Å². The minimum atomic E-state index is 0.876. The normalized spacial score (nSPS) is 11.5. The van der Waals surface area contributed by atoms with Crippen LogP contribution in [0.3, 0.4) is 0 Å². The predicted molar refractivity (Wildman–Crippen MR) is 211 cm³/mol. The first-order chi connectivity index (χ1) is 25.7. The Morgan fingerprint density at radius 2 is 0.904 bits per heavy atom. The fourth-order valence-corrected chi connectivity index (χ4v) is 7.01. The van der Waals surface area contributed by atoms with E-state index in [9.17, 15) is 0 Å². The number of benzene rings is 5. The third-order valence-electron chi connectivity index (χ3n) is 9.60. The van der Waals surface area contributed by atoms with Gasteiger partial charge in [0.05, 0.1) is 33.5 Å². The van der Waals surface area contributed by atoms with Crippen LogP contribution in [0.5, 0.6) is 0 Å². The average Bonchev–Trinajstić information content (AvgIpc) is 3.61. The number of pyridine rings is 4. The monoisotopic (exact) mass is 667 g/mol. The van der Waals surface area contributed by atoms with Crippen molar-refractivity contribution >= 4 is 61.1 Å². The van der Waals surface area contributed by atoms with Gasteiger partial charge < -0.3 is 9.32 Å². The quantitative estimate of drug-likeness (QED) is 0.176. The van der Waals surface area contributed by atoms with Crippen LogP contribution in [0.25, 0.3) is 77.6 Å². The molecule has 0 aliphatic carbocycles. The Kier molecular flexibility index (Phi) is 7.03. The molecule has 0 fully saturated rings. The minimum Gasteiger partial charge on any atom is -0.455 e. The van der Waals surface area contributed by atoms with Gasteiger partial charge in [-0.05, 0) is 96.6 Å². The van der Waals surface area contributed by atoms with Crippen molar-refractivity contribution in [3.63, 3.8) is 0 Å². The zero-order valence-electron chi connectivity index (χ0n) is 27.9. The zero-order chi connectivity index (χ0) is 34.4. The third kappa shape index (κ3) is 5.22. The molecule has 0 atom stereocenters. The second-order valence-corrected chi connectivity index (χ2v) is 12.7. The highest BCUT2D eigenvalue weighted by Gasteiger charge is 2.16. The van der Waals surface area contributed by atoms with Gasteiger partial charge in [0.15, 0.2) is 0 Å². The molecule has 0 saturated heterocycles. The first-order valence-electron chi connectivity index (χ1n) is 17.2. The highest BCUT2D eigenvalue weighted by atomic mass is 16.3. The molecular weight excluding hydrogens is 639 g/mol. The lowest BCUT2D eigenvalue weighted by atomic mass is 10.0. The van der Waals surface area contributed by atoms with E-state index >= 15 is 0 Å². The van der Waals surface area contributed by atoms with Gasteiger partial charge in [-0.3, -0.25) is 9.97 Å². The summed E-state index contributed by atoms with van der Waals surface area (Å²) in [6.07, 6.45) is 3.59. The number of para-hydroxylation sites is 2. The largest absolute Gasteiger partial charge is 0.455 e. The molecule has 5 heterocycles. The Morgan fingerprint density at radius 3 is 1.48 bits per heavy atom. The van der Waals surface area contributed by atoms with E-state index in [-0.39, 0.29) is 0 Å². The van der Waals surface area contributed by atoms with Gasteiger partial charge in [0.25, 0.3) is 0 Å². The lowest BCUT2D eigenvalue weighted by molar-refractivity contribution is 0.670. The Bertz CT molecular complexity index is 2780. The molecule has 0 bridgehead atoms. The maximum Gasteiger partial charge on any atom is 0.143 e. The van der Waals surface area contributed by atoms with Crippen molar-refractivity contribution in [1.82, 2.24) is 19.9 Å². The number of furan rings is 1. The number of anilines is 3. The summed E-state index contributed by atoms with van der Waals surface area (Å²) in [6, 6.07) is 56.3. The predicted octanol–water partition coefficient (Wildman–Crippen LogP) is 11.9. The van der Waals surface area contributed by atoms with Crippen molar-refractivity contribution in [3.8, 4) is 33.6 Å². The summed E-state index contributed by atoms with van der Waals surface area (Å²) >= 11 is 0. The van der Waals surface area contributed by atoms with Crippen LogP contribution in [-0.2, 0) is 0 Å². The maximum atomic E-state index is 6.37. The van der Waals surface area contributed by atoms with Crippen LogP contribution in [0.4, 0.5) is 17.1 Å². The van der Waals surface area contributed by atoms with E-state index in [0.29, 0.717) is 0 Å². The summed E-state index contributed by atoms with van der Waals surface area (Å²) in [4.78, 5) is 20.9. The Labute approximate surface area is 299 Å². The second-order valence-electron chi connectivity index (χ2n) is 12.7. The third-order valence-corrected chi connectivity index (χ3v) is 9.60. The molecule has 5 aromatic heterocycles. The molecule has 0 amide bonds. The smallest absolute Gasteiger partial charge is 0.143 e. The summed E-state index contributed by atoms with van der Waals surface area (Å²) in [5.41, 5.74) is 14.4. The van der Waals surface area contributed by atoms with Gasteiger partial charge in [0.1, 0.15) is 11.2 Å². The molecule has 0 saturated carbocycles. The molecule has 10 aromatic rings. The molecule has 5 aromatic carbocycles. The first kappa shape index (κ1) is 29.7. The molecule has 0 unspecified atom stereocenters. The summed E-state index contributed by atoms with van der Waals surface area (Å²) in [7, 11) is 0. The molecule has 0 spiro atoms. The van der Waals surface area contributed by atoms with Crippen molar-refractivity contribution in [2.24, 2.45) is 0 Å². The molecule has 52 heavy (non-hydrogen) atoms. The van der Waals surface area contributed by atoms with Gasteiger partial charge in [-0.1, -0.05) is 72.8 Å². The number of hydrogen-bond donors (Lipinski definition) is 0. The van der Waals surface area contributed by atoms with Crippen molar-refractivity contribution in [3.05, 3.63) is 176 Å². The highest BCUT2D eigenvalue weighted by Crippen LogP contribution is 2.40. The standard InChI is InChI=1S/C46H29N5O/c1-2-11-45-37(6-1)38-8-3-7-36(46(38)52-45)30-12-18-33(19-13-30)51(34-20-14-31(15-21-34)39-24-26-41-43(49-39)9-4-28-47-41)35-22-16-32(17-23-35)40-25-27-42-44(50-40)10-5-29-48-42/h1-29H. The van der Waals surface area contributed by atoms with Gasteiger partial charge in [-0.2, -0.15) is 0 Å². The molecule has 10 rings (SSSR count). The highest BCUT2D eigenvalue weighted by molar-refractivity contribution is 6.09. The van der Waals surface area contributed by atoms with Gasteiger partial charge in [0.2, 0.25) is 0 Å². The van der Waals surface area contributed by atoms with E-state index in [1.54, 1.807) is 12.4 Å². The zero-order valence-corrected chi connectivity index (χ0v) is 27.9. The summed E-state index contributed by atoms with van der Waals surface area (Å²) in [6.45, 7) is 0. The van der Waals surface area contributed by atoms with Crippen LogP contribution >= 0.6 is 0 Å². The van der Waals surface area contributed by atoms with Crippen molar-refractivity contribution in [2.45, 2.75) is 0 Å². The second kappa shape index (κ2) is 12.3. The van der Waals surface area contributed by atoms with E-state index in [2.05, 4.69) is 118 Å². The number of fused-ring (bicyclic) bond motifs is 5. The van der Waals surface area contributed by atoms with Crippen LogP contribution in [0.15, 0.2) is 181 Å². The lowest BCUT2D eigenvalue weighted by Crippen LogP contribution is -2.09. The summed E-state index contributed by atoms with van der Waals surface area (Å²) in [5, 5.41) is 2.24. The Morgan fingerprint density at radius 1 is 0.385 bits per heavy atom. The van der Waals surface area contributed by atoms with Crippen LogP contribution in [0, 0.1) is 0 Å². The molecule has 0 aliphatic heterocycles. The van der Waals surface area contributed by atoms with Crippen molar-refractivity contribution < 1.29 is 4.42 Å². The molecule has 6 heteroatoms. The number of hydrogen-bond acceptors (Lipinski definition) is 6. The molecular formula is C46H29N5O. The minimum absolute atomic E-state index is 0.876. The van der Waals surface area contributed by atoms with Gasteiger partial charge >= 0.3 is 0 Å². The lowest BCUT2D eigenvalue weighted by Gasteiger charge is -2.26. The van der Waals surface area contributed by atoms with E-state index in [1.807, 2.05) is 60.7 Å². The van der Waals surface area contributed by atoms with Gasteiger partial charge in [-0.15, -0.1) is 0 Å². The average molecular weight is 668 g/mol. The van der Waals surface area contributed by atoms with Crippen molar-refractivity contribution in [2.75, 3.05) is 4.90 Å². The summed E-state index contributed by atoms with van der Waals surface area (Å²) < 4.78 is 6.37. The van der Waals surface area contributed by atoms with Crippen LogP contribution < -0.4 is 4.90 Å². The molecule has 244 valence electrons. The molecule has 0 radical (unpaired) electrons. The maximum absolute atomic E-state index is 6.37. The van der Waals surface area contributed by atoms with E-state index in [4.69, 9.17) is 14.4 Å². The Balaban J connectivity index is 1.04. The number of nitrogens with zero attached hydrogens (tertiary/aromatic N) is 5. The molecule has 0 aliphatic rings. The first-order valence-corrected chi connectivity index (χ1v) is 17.2. The van der Waals surface area contributed by atoms with Crippen LogP contribution in [-0.4, -0.2) is 19.9 Å². The topological polar surface area (TPSA) is 67.9 Å². The summed E-state index contributed by atoms with van der Waals surface area (Å²) in [5.74, 6) is 0. The van der Waals surface area contributed by atoms with E-state index in [0.717, 1.165) is 94.7 Å². The van der Waals surface area contributed by atoms with E-state index < -0.39 is 0 Å². The van der Waals surface area contributed by atoms with Gasteiger partial charge in [-0.25, -0.2) is 9.97 Å². The van der Waals surface area contributed by atoms with Crippen LogP contribution in [0.2, 0.25) is 0 Å². The van der Waals surface area contributed by atoms with Crippen LogP contribution in [0.1, 0.15) is 0 Å². The SMILES string of the molecule is c1cnc2ccc(-c3ccc(N(c4ccc(-c5ccc6ncccc6n5)cc4)c4ccc(-c5cccc6c5oc5ccccc56)cc4)cc3)nc2c1.